The lowest BCUT2D eigenvalue weighted by Gasteiger charge is -2.25. The Kier molecular flexibility index (Phi) is 6.16. The highest BCUT2D eigenvalue weighted by atomic mass is 19.1. The van der Waals surface area contributed by atoms with Gasteiger partial charge in [-0.15, -0.1) is 0 Å². The third-order valence-electron chi connectivity index (χ3n) is 6.24. The fourth-order valence-electron chi connectivity index (χ4n) is 4.60. The zero-order valence-electron chi connectivity index (χ0n) is 18.5. The summed E-state index contributed by atoms with van der Waals surface area (Å²) >= 11 is 0. The van der Waals surface area contributed by atoms with Crippen LogP contribution in [-0.2, 0) is 6.42 Å². The molecule has 34 heavy (non-hydrogen) atoms. The summed E-state index contributed by atoms with van der Waals surface area (Å²) < 4.78 is 30.7. The summed E-state index contributed by atoms with van der Waals surface area (Å²) in [6.07, 6.45) is 5.26. The van der Waals surface area contributed by atoms with Crippen LogP contribution in [-0.4, -0.2) is 31.9 Å². The molecule has 0 radical (unpaired) electrons. The molecule has 1 saturated heterocycles. The molecule has 1 fully saturated rings. The van der Waals surface area contributed by atoms with Crippen LogP contribution in [0.4, 0.5) is 8.78 Å². The van der Waals surface area contributed by atoms with Crippen LogP contribution < -0.4 is 0 Å². The minimum absolute atomic E-state index is 0.0824. The van der Waals surface area contributed by atoms with Gasteiger partial charge in [0.2, 0.25) is 0 Å². The van der Waals surface area contributed by atoms with Gasteiger partial charge in [-0.25, -0.2) is 13.8 Å². The first kappa shape index (κ1) is 21.9. The summed E-state index contributed by atoms with van der Waals surface area (Å²) in [7, 11) is 0. The fourth-order valence-corrected chi connectivity index (χ4v) is 4.60. The van der Waals surface area contributed by atoms with Gasteiger partial charge in [0.15, 0.2) is 6.17 Å². The Morgan fingerprint density at radius 3 is 2.50 bits per heavy atom. The maximum Gasteiger partial charge on any atom is 0.273 e. The average molecular weight is 459 g/mol. The molecule has 3 heterocycles. The van der Waals surface area contributed by atoms with Gasteiger partial charge >= 0.3 is 0 Å². The zero-order chi connectivity index (χ0) is 23.5. The molecular weight excluding hydrogens is 434 g/mol. The highest BCUT2D eigenvalue weighted by Crippen LogP contribution is 2.34. The highest BCUT2D eigenvalue weighted by molar-refractivity contribution is 5.93. The van der Waals surface area contributed by atoms with E-state index in [0.29, 0.717) is 12.2 Å². The summed E-state index contributed by atoms with van der Waals surface area (Å²) in [5.41, 5.74) is 2.60. The number of halogens is 2. The predicted octanol–water partition coefficient (Wildman–Crippen LogP) is 5.64. The van der Waals surface area contributed by atoms with Crippen LogP contribution in [0.2, 0.25) is 0 Å². The van der Waals surface area contributed by atoms with Gasteiger partial charge in [-0.3, -0.25) is 14.3 Å². The first-order valence-corrected chi connectivity index (χ1v) is 11.3. The number of alkyl halides is 1. The minimum atomic E-state index is -1.44. The monoisotopic (exact) mass is 458 g/mol. The SMILES string of the molecule is O=C(c1cnc(C(F)Cc2ccccc2)n1-c1ccc(F)cc1)N1CCCC1c1ccncc1. The summed E-state index contributed by atoms with van der Waals surface area (Å²) in [5.74, 6) is -0.510. The molecular formula is C27H24F2N4O. The molecule has 0 aliphatic carbocycles. The first-order valence-electron chi connectivity index (χ1n) is 11.3. The zero-order valence-corrected chi connectivity index (χ0v) is 18.5. The Morgan fingerprint density at radius 2 is 1.76 bits per heavy atom. The van der Waals surface area contributed by atoms with E-state index in [1.54, 1.807) is 17.3 Å². The van der Waals surface area contributed by atoms with Crippen LogP contribution in [0.15, 0.2) is 85.3 Å². The lowest BCUT2D eigenvalue weighted by molar-refractivity contribution is 0.0727. The van der Waals surface area contributed by atoms with Crippen molar-refractivity contribution in [1.82, 2.24) is 19.4 Å². The molecule has 2 aromatic carbocycles. The fraction of sp³-hybridized carbons (Fsp3) is 0.222. The lowest BCUT2D eigenvalue weighted by Crippen LogP contribution is -2.32. The number of amides is 1. The Labute approximate surface area is 196 Å². The second kappa shape index (κ2) is 9.55. The topological polar surface area (TPSA) is 51.0 Å². The second-order valence-electron chi connectivity index (χ2n) is 8.41. The van der Waals surface area contributed by atoms with E-state index in [4.69, 9.17) is 0 Å². The number of pyridine rings is 1. The van der Waals surface area contributed by atoms with Gasteiger partial charge < -0.3 is 4.90 Å². The maximum absolute atomic E-state index is 15.6. The highest BCUT2D eigenvalue weighted by Gasteiger charge is 2.34. The van der Waals surface area contributed by atoms with Crippen LogP contribution >= 0.6 is 0 Å². The molecule has 5 nitrogen and oxygen atoms in total. The van der Waals surface area contributed by atoms with Crippen molar-refractivity contribution >= 4 is 5.91 Å². The van der Waals surface area contributed by atoms with Crippen molar-refractivity contribution in [3.05, 3.63) is 114 Å². The smallest absolute Gasteiger partial charge is 0.273 e. The van der Waals surface area contributed by atoms with Gasteiger partial charge in [-0.05, 0) is 60.4 Å². The molecule has 2 aromatic heterocycles. The summed E-state index contributed by atoms with van der Waals surface area (Å²) in [4.78, 5) is 24.0. The molecule has 0 N–H and O–H groups in total. The van der Waals surface area contributed by atoms with E-state index in [1.807, 2.05) is 42.5 Å². The van der Waals surface area contributed by atoms with Gasteiger partial charge in [-0.1, -0.05) is 30.3 Å². The average Bonchev–Trinajstić information content (AvgIpc) is 3.53. The molecule has 1 amide bonds. The molecule has 0 saturated carbocycles. The number of carbonyl (C=O) groups is 1. The molecule has 2 unspecified atom stereocenters. The number of hydrogen-bond donors (Lipinski definition) is 0. The maximum atomic E-state index is 15.6. The Bertz CT molecular complexity index is 1260. The van der Waals surface area contributed by atoms with E-state index in [1.165, 1.54) is 35.0 Å². The number of aromatic nitrogens is 3. The van der Waals surface area contributed by atoms with E-state index in [2.05, 4.69) is 9.97 Å². The van der Waals surface area contributed by atoms with Gasteiger partial charge in [0.25, 0.3) is 5.91 Å². The van der Waals surface area contributed by atoms with E-state index in [0.717, 1.165) is 24.0 Å². The van der Waals surface area contributed by atoms with Crippen molar-refractivity contribution in [2.75, 3.05) is 6.54 Å². The summed E-state index contributed by atoms with van der Waals surface area (Å²) in [6.45, 7) is 0.596. The molecule has 7 heteroatoms. The quantitative estimate of drug-likeness (QED) is 0.376. The van der Waals surface area contributed by atoms with Crippen LogP contribution in [0, 0.1) is 5.82 Å². The van der Waals surface area contributed by atoms with Gasteiger partial charge in [0.05, 0.1) is 12.2 Å². The molecule has 5 rings (SSSR count). The Morgan fingerprint density at radius 1 is 1.03 bits per heavy atom. The van der Waals surface area contributed by atoms with E-state index < -0.39 is 12.0 Å². The Hall–Kier alpha value is -3.87. The van der Waals surface area contributed by atoms with Crippen molar-refractivity contribution in [3.63, 3.8) is 0 Å². The molecule has 0 spiro atoms. The number of likely N-dealkylation sites (tertiary alicyclic amines) is 1. The number of imidazole rings is 1. The number of carbonyl (C=O) groups excluding carboxylic acids is 1. The molecule has 1 aliphatic heterocycles. The molecule has 2 atom stereocenters. The molecule has 4 aromatic rings. The van der Waals surface area contributed by atoms with Gasteiger partial charge in [0.1, 0.15) is 17.3 Å². The van der Waals surface area contributed by atoms with Crippen molar-refractivity contribution in [2.45, 2.75) is 31.5 Å². The third kappa shape index (κ3) is 4.33. The van der Waals surface area contributed by atoms with Crippen LogP contribution in [0.5, 0.6) is 0 Å². The van der Waals surface area contributed by atoms with Crippen molar-refractivity contribution < 1.29 is 13.6 Å². The van der Waals surface area contributed by atoms with E-state index in [-0.39, 0.29) is 29.9 Å². The van der Waals surface area contributed by atoms with Crippen LogP contribution in [0.25, 0.3) is 5.69 Å². The van der Waals surface area contributed by atoms with E-state index >= 15 is 4.39 Å². The van der Waals surface area contributed by atoms with Crippen molar-refractivity contribution in [2.24, 2.45) is 0 Å². The normalized spacial score (nSPS) is 16.5. The van der Waals surface area contributed by atoms with Gasteiger partial charge in [-0.2, -0.15) is 0 Å². The third-order valence-corrected chi connectivity index (χ3v) is 6.24. The molecule has 0 bridgehead atoms. The predicted molar refractivity (Wildman–Crippen MR) is 125 cm³/mol. The standard InChI is InChI=1S/C27H24F2N4O/c28-21-8-10-22(11-9-21)33-25(18-31-26(33)23(29)17-19-5-2-1-3-6-19)27(34)32-16-4-7-24(32)20-12-14-30-15-13-20/h1-3,5-6,8-15,18,23-24H,4,7,16-17H2. The number of benzene rings is 2. The minimum Gasteiger partial charge on any atom is -0.330 e. The van der Waals surface area contributed by atoms with Crippen LogP contribution in [0.3, 0.4) is 0 Å². The molecule has 1 aliphatic rings. The molecule has 172 valence electrons. The summed E-state index contributed by atoms with van der Waals surface area (Å²) in [5, 5.41) is 0. The van der Waals surface area contributed by atoms with Crippen molar-refractivity contribution in [1.29, 1.82) is 0 Å². The number of hydrogen-bond acceptors (Lipinski definition) is 3. The first-order chi connectivity index (χ1) is 16.6. The van der Waals surface area contributed by atoms with E-state index in [9.17, 15) is 9.18 Å². The number of rotatable bonds is 6. The van der Waals surface area contributed by atoms with Crippen molar-refractivity contribution in [3.8, 4) is 5.69 Å². The summed E-state index contributed by atoms with van der Waals surface area (Å²) in [6, 6.07) is 18.7. The second-order valence-corrected chi connectivity index (χ2v) is 8.41. The number of nitrogens with zero attached hydrogens (tertiary/aromatic N) is 4. The Balaban J connectivity index is 1.53. The van der Waals surface area contributed by atoms with Crippen LogP contribution in [0.1, 0.15) is 52.5 Å². The van der Waals surface area contributed by atoms with Gasteiger partial charge in [0, 0.05) is 31.0 Å². The largest absolute Gasteiger partial charge is 0.330 e. The lowest BCUT2D eigenvalue weighted by atomic mass is 10.1.